The maximum Gasteiger partial charge on any atom is 0.0951 e. The van der Waals surface area contributed by atoms with Crippen LogP contribution < -0.4 is 5.32 Å². The Labute approximate surface area is 90.9 Å². The first-order valence-electron chi connectivity index (χ1n) is 5.52. The molecular formula is C12H18N2O. The summed E-state index contributed by atoms with van der Waals surface area (Å²) in [5.74, 6) is 0.628. The largest absolute Gasteiger partial charge is 0.371 e. The number of aromatic nitrogens is 1. The topological polar surface area (TPSA) is 34.1 Å². The van der Waals surface area contributed by atoms with Gasteiger partial charge in [-0.05, 0) is 23.6 Å². The van der Waals surface area contributed by atoms with E-state index in [1.54, 1.807) is 0 Å². The first-order chi connectivity index (χ1) is 7.27. The molecule has 1 N–H and O–H groups in total. The average molecular weight is 206 g/mol. The zero-order valence-electron chi connectivity index (χ0n) is 9.31. The first kappa shape index (κ1) is 10.6. The minimum atomic E-state index is 0.183. The van der Waals surface area contributed by atoms with E-state index >= 15 is 0 Å². The molecule has 15 heavy (non-hydrogen) atoms. The highest BCUT2D eigenvalue weighted by molar-refractivity contribution is 5.14. The van der Waals surface area contributed by atoms with Crippen molar-refractivity contribution in [3.63, 3.8) is 0 Å². The van der Waals surface area contributed by atoms with Gasteiger partial charge in [0.1, 0.15) is 0 Å². The molecule has 3 heteroatoms. The zero-order valence-corrected chi connectivity index (χ0v) is 9.31. The summed E-state index contributed by atoms with van der Waals surface area (Å²) in [5, 5.41) is 3.52. The number of nitrogens with one attached hydrogen (secondary N) is 1. The van der Waals surface area contributed by atoms with Gasteiger partial charge < -0.3 is 10.1 Å². The molecule has 1 aromatic heterocycles. The van der Waals surface area contributed by atoms with E-state index in [-0.39, 0.29) is 6.10 Å². The summed E-state index contributed by atoms with van der Waals surface area (Å²) >= 11 is 0. The number of morpholine rings is 1. The second-order valence-electron chi connectivity index (χ2n) is 4.36. The maximum absolute atomic E-state index is 5.85. The maximum atomic E-state index is 5.85. The monoisotopic (exact) mass is 206 g/mol. The molecule has 0 radical (unpaired) electrons. The molecule has 0 amide bonds. The summed E-state index contributed by atoms with van der Waals surface area (Å²) in [6.07, 6.45) is 3.81. The smallest absolute Gasteiger partial charge is 0.0951 e. The van der Waals surface area contributed by atoms with Crippen LogP contribution in [0.3, 0.4) is 0 Å². The molecule has 2 heterocycles. The van der Waals surface area contributed by atoms with Crippen molar-refractivity contribution in [1.29, 1.82) is 0 Å². The lowest BCUT2D eigenvalue weighted by Gasteiger charge is -2.32. The Morgan fingerprint density at radius 1 is 1.40 bits per heavy atom. The van der Waals surface area contributed by atoms with Crippen molar-refractivity contribution in [3.8, 4) is 0 Å². The van der Waals surface area contributed by atoms with Crippen LogP contribution in [0.5, 0.6) is 0 Å². The zero-order chi connectivity index (χ0) is 10.7. The van der Waals surface area contributed by atoms with Crippen LogP contribution in [0, 0.1) is 5.92 Å². The highest BCUT2D eigenvalue weighted by Crippen LogP contribution is 2.20. The van der Waals surface area contributed by atoms with E-state index in [9.17, 15) is 0 Å². The van der Waals surface area contributed by atoms with Crippen LogP contribution in [-0.2, 0) is 4.74 Å². The first-order valence-corrected chi connectivity index (χ1v) is 5.52. The molecule has 0 bridgehead atoms. The number of hydrogen-bond donors (Lipinski definition) is 1. The van der Waals surface area contributed by atoms with Gasteiger partial charge in [-0.25, -0.2) is 0 Å². The van der Waals surface area contributed by atoms with Gasteiger partial charge in [0, 0.05) is 25.0 Å². The predicted octanol–water partition coefficient (Wildman–Crippen LogP) is 1.77. The van der Waals surface area contributed by atoms with Crippen molar-refractivity contribution < 1.29 is 4.74 Å². The highest BCUT2D eigenvalue weighted by Gasteiger charge is 2.23. The van der Waals surface area contributed by atoms with Gasteiger partial charge in [0.2, 0.25) is 0 Å². The van der Waals surface area contributed by atoms with Gasteiger partial charge in [0.05, 0.1) is 12.7 Å². The molecule has 1 aromatic rings. The van der Waals surface area contributed by atoms with Crippen LogP contribution in [0.2, 0.25) is 0 Å². The second kappa shape index (κ2) is 4.73. The summed E-state index contributed by atoms with van der Waals surface area (Å²) < 4.78 is 5.85. The summed E-state index contributed by atoms with van der Waals surface area (Å²) in [6.45, 7) is 6.12. The van der Waals surface area contributed by atoms with E-state index in [4.69, 9.17) is 4.74 Å². The van der Waals surface area contributed by atoms with Gasteiger partial charge in [0.25, 0.3) is 0 Å². The highest BCUT2D eigenvalue weighted by atomic mass is 16.5. The van der Waals surface area contributed by atoms with Crippen LogP contribution in [0.1, 0.15) is 25.5 Å². The van der Waals surface area contributed by atoms with E-state index in [1.165, 1.54) is 5.56 Å². The van der Waals surface area contributed by atoms with Crippen LogP contribution in [0.4, 0.5) is 0 Å². The van der Waals surface area contributed by atoms with Gasteiger partial charge in [-0.15, -0.1) is 0 Å². The van der Waals surface area contributed by atoms with Crippen molar-refractivity contribution >= 4 is 0 Å². The van der Waals surface area contributed by atoms with Crippen LogP contribution in [0.15, 0.2) is 24.5 Å². The van der Waals surface area contributed by atoms with Gasteiger partial charge in [0.15, 0.2) is 0 Å². The summed E-state index contributed by atoms with van der Waals surface area (Å²) in [5.41, 5.74) is 1.21. The van der Waals surface area contributed by atoms with Crippen LogP contribution in [-0.4, -0.2) is 24.2 Å². The molecule has 0 aromatic carbocycles. The molecule has 0 spiro atoms. The lowest BCUT2D eigenvalue weighted by Crippen LogP contribution is -2.45. The Morgan fingerprint density at radius 2 is 2.13 bits per heavy atom. The molecule has 82 valence electrons. The summed E-state index contributed by atoms with van der Waals surface area (Å²) in [6, 6.07) is 4.52. The Morgan fingerprint density at radius 3 is 2.67 bits per heavy atom. The molecule has 0 aliphatic carbocycles. The molecule has 0 saturated carbocycles. The summed E-state index contributed by atoms with van der Waals surface area (Å²) in [7, 11) is 0. The molecule has 1 aliphatic rings. The Bertz CT molecular complexity index is 292. The predicted molar refractivity (Wildman–Crippen MR) is 59.6 cm³/mol. The van der Waals surface area contributed by atoms with Crippen molar-refractivity contribution in [2.24, 2.45) is 5.92 Å². The number of nitrogens with zero attached hydrogens (tertiary/aromatic N) is 1. The van der Waals surface area contributed by atoms with Crippen molar-refractivity contribution in [1.82, 2.24) is 10.3 Å². The molecule has 1 fully saturated rings. The van der Waals surface area contributed by atoms with E-state index in [0.717, 1.165) is 13.2 Å². The number of pyridine rings is 1. The van der Waals surface area contributed by atoms with Crippen molar-refractivity contribution in [2.75, 3.05) is 13.2 Å². The standard InChI is InChI=1S/C12H18N2O/c1-9(2)11-8-15-12(7-14-11)10-3-5-13-6-4-10/h3-6,9,11-12,14H,7-8H2,1-2H3. The van der Waals surface area contributed by atoms with E-state index in [2.05, 4.69) is 24.1 Å². The fourth-order valence-corrected chi connectivity index (χ4v) is 1.82. The minimum Gasteiger partial charge on any atom is -0.371 e. The number of ether oxygens (including phenoxy) is 1. The normalized spacial score (nSPS) is 26.9. The van der Waals surface area contributed by atoms with E-state index in [1.807, 2.05) is 24.5 Å². The van der Waals surface area contributed by atoms with Gasteiger partial charge in [-0.2, -0.15) is 0 Å². The lowest BCUT2D eigenvalue weighted by atomic mass is 10.0. The summed E-state index contributed by atoms with van der Waals surface area (Å²) in [4.78, 5) is 4.01. The molecule has 3 nitrogen and oxygen atoms in total. The second-order valence-corrected chi connectivity index (χ2v) is 4.36. The minimum absolute atomic E-state index is 0.183. The Kier molecular flexibility index (Phi) is 3.34. The van der Waals surface area contributed by atoms with Crippen LogP contribution >= 0.6 is 0 Å². The third kappa shape index (κ3) is 2.55. The SMILES string of the molecule is CC(C)C1COC(c2ccncc2)CN1. The van der Waals surface area contributed by atoms with Gasteiger partial charge >= 0.3 is 0 Å². The van der Waals surface area contributed by atoms with E-state index in [0.29, 0.717) is 12.0 Å². The third-order valence-corrected chi connectivity index (χ3v) is 2.93. The van der Waals surface area contributed by atoms with E-state index < -0.39 is 0 Å². The molecular weight excluding hydrogens is 188 g/mol. The molecule has 1 aliphatic heterocycles. The van der Waals surface area contributed by atoms with Gasteiger partial charge in [-0.3, -0.25) is 4.98 Å². The molecule has 2 atom stereocenters. The van der Waals surface area contributed by atoms with Crippen molar-refractivity contribution in [2.45, 2.75) is 26.0 Å². The number of hydrogen-bond acceptors (Lipinski definition) is 3. The van der Waals surface area contributed by atoms with Gasteiger partial charge in [-0.1, -0.05) is 13.8 Å². The van der Waals surface area contributed by atoms with Crippen LogP contribution in [0.25, 0.3) is 0 Å². The fourth-order valence-electron chi connectivity index (χ4n) is 1.82. The molecule has 2 unspecified atom stereocenters. The Hall–Kier alpha value is -0.930. The quantitative estimate of drug-likeness (QED) is 0.800. The number of rotatable bonds is 2. The molecule has 2 rings (SSSR count). The van der Waals surface area contributed by atoms with Crippen molar-refractivity contribution in [3.05, 3.63) is 30.1 Å². The third-order valence-electron chi connectivity index (χ3n) is 2.93. The molecule has 1 saturated heterocycles. The lowest BCUT2D eigenvalue weighted by molar-refractivity contribution is -0.00714. The Balaban J connectivity index is 1.94. The fraction of sp³-hybridized carbons (Fsp3) is 0.583. The average Bonchev–Trinajstić information content (AvgIpc) is 2.30.